The molecule has 8 heteroatoms. The van der Waals surface area contributed by atoms with Crippen LogP contribution in [0.4, 0.5) is 0 Å². The summed E-state index contributed by atoms with van der Waals surface area (Å²) in [5.41, 5.74) is 0.868. The minimum Gasteiger partial charge on any atom is -0.497 e. The number of carbonyl (C=O) groups excluding carboxylic acids is 1. The van der Waals surface area contributed by atoms with Crippen molar-refractivity contribution in [1.29, 1.82) is 0 Å². The van der Waals surface area contributed by atoms with Crippen LogP contribution in [0.5, 0.6) is 5.75 Å². The maximum atomic E-state index is 12.8. The average molecular weight is 389 g/mol. The highest BCUT2D eigenvalue weighted by atomic mass is 32.1. The van der Waals surface area contributed by atoms with Crippen LogP contribution in [0.15, 0.2) is 41.8 Å². The summed E-state index contributed by atoms with van der Waals surface area (Å²) in [7, 11) is 1.62. The number of benzene rings is 1. The molecule has 0 aliphatic heterocycles. The molecule has 0 saturated heterocycles. The summed E-state index contributed by atoms with van der Waals surface area (Å²) >= 11 is 6.98. The monoisotopic (exact) mass is 388 g/mol. The number of hydrogen-bond acceptors (Lipinski definition) is 5. The van der Waals surface area contributed by atoms with E-state index in [0.717, 1.165) is 16.2 Å². The zero-order valence-electron chi connectivity index (χ0n) is 14.6. The van der Waals surface area contributed by atoms with Gasteiger partial charge in [0, 0.05) is 17.0 Å². The summed E-state index contributed by atoms with van der Waals surface area (Å²) in [6.45, 7) is 3.37. The van der Waals surface area contributed by atoms with Gasteiger partial charge in [-0.05, 0) is 54.9 Å². The van der Waals surface area contributed by atoms with E-state index in [0.29, 0.717) is 23.7 Å². The molecule has 3 aromatic rings. The molecular weight excluding hydrogens is 368 g/mol. The number of carbonyl (C=O) groups is 1. The first-order chi connectivity index (χ1) is 12.6. The molecule has 1 amide bonds. The summed E-state index contributed by atoms with van der Waals surface area (Å²) in [6.07, 6.45) is 0. The Morgan fingerprint density at radius 2 is 2.12 bits per heavy atom. The van der Waals surface area contributed by atoms with Crippen molar-refractivity contribution in [3.8, 4) is 17.1 Å². The number of likely N-dealkylation sites (N-methyl/N-ethyl adjacent to an activating group) is 1. The van der Waals surface area contributed by atoms with E-state index in [-0.39, 0.29) is 12.5 Å². The molecule has 136 valence electrons. The third-order valence-electron chi connectivity index (χ3n) is 4.06. The summed E-state index contributed by atoms with van der Waals surface area (Å²) in [6, 6.07) is 11.5. The molecular formula is C18H20N4O2S2. The number of aromatic nitrogens is 3. The molecule has 1 N–H and O–H groups in total. The van der Waals surface area contributed by atoms with Gasteiger partial charge in [0.15, 0.2) is 10.6 Å². The van der Waals surface area contributed by atoms with Crippen molar-refractivity contribution in [3.05, 3.63) is 51.4 Å². The minimum absolute atomic E-state index is 0.00756. The molecule has 26 heavy (non-hydrogen) atoms. The molecule has 6 nitrogen and oxygen atoms in total. The highest BCUT2D eigenvalue weighted by Gasteiger charge is 2.17. The number of aromatic amines is 1. The van der Waals surface area contributed by atoms with Crippen LogP contribution >= 0.6 is 23.6 Å². The fraction of sp³-hybridized carbons (Fsp3) is 0.278. The Morgan fingerprint density at radius 1 is 1.35 bits per heavy atom. The quantitative estimate of drug-likeness (QED) is 0.627. The van der Waals surface area contributed by atoms with Gasteiger partial charge in [-0.3, -0.25) is 14.5 Å². The fourth-order valence-corrected chi connectivity index (χ4v) is 3.54. The SMILES string of the molecule is CCN(Cc1cccs1)C(=O)Cn1c(-c2ccc(OC)cc2)n[nH]c1=S. The third-order valence-corrected chi connectivity index (χ3v) is 5.23. The first kappa shape index (κ1) is 18.3. The Labute approximate surface area is 161 Å². The first-order valence-electron chi connectivity index (χ1n) is 8.22. The van der Waals surface area contributed by atoms with E-state index in [1.165, 1.54) is 0 Å². The number of nitrogens with zero attached hydrogens (tertiary/aromatic N) is 3. The predicted octanol–water partition coefficient (Wildman–Crippen LogP) is 3.73. The second-order valence-corrected chi connectivity index (χ2v) is 7.07. The van der Waals surface area contributed by atoms with Crippen molar-refractivity contribution >= 4 is 29.5 Å². The molecule has 0 bridgehead atoms. The zero-order valence-corrected chi connectivity index (χ0v) is 16.3. The van der Waals surface area contributed by atoms with Gasteiger partial charge < -0.3 is 9.64 Å². The van der Waals surface area contributed by atoms with E-state index in [1.54, 1.807) is 23.0 Å². The van der Waals surface area contributed by atoms with E-state index in [1.807, 2.05) is 53.6 Å². The number of rotatable bonds is 7. The lowest BCUT2D eigenvalue weighted by Gasteiger charge is -2.20. The third kappa shape index (κ3) is 4.03. The smallest absolute Gasteiger partial charge is 0.242 e. The second-order valence-electron chi connectivity index (χ2n) is 5.65. The second kappa shape index (κ2) is 8.29. The van der Waals surface area contributed by atoms with E-state index in [2.05, 4.69) is 10.2 Å². The summed E-state index contributed by atoms with van der Waals surface area (Å²) < 4.78 is 7.35. The first-order valence-corrected chi connectivity index (χ1v) is 9.51. The van der Waals surface area contributed by atoms with Crippen LogP contribution in [0.2, 0.25) is 0 Å². The molecule has 3 rings (SSSR count). The number of hydrogen-bond donors (Lipinski definition) is 1. The minimum atomic E-state index is 0.00756. The summed E-state index contributed by atoms with van der Waals surface area (Å²) in [4.78, 5) is 15.8. The molecule has 0 spiro atoms. The molecule has 0 radical (unpaired) electrons. The summed E-state index contributed by atoms with van der Waals surface area (Å²) in [5, 5.41) is 9.10. The van der Waals surface area contributed by atoms with Crippen LogP contribution < -0.4 is 4.74 Å². The van der Waals surface area contributed by atoms with Crippen molar-refractivity contribution in [3.63, 3.8) is 0 Å². The number of thiophene rings is 1. The number of H-pyrrole nitrogens is 1. The topological polar surface area (TPSA) is 63.1 Å². The van der Waals surface area contributed by atoms with Crippen LogP contribution in [0.3, 0.4) is 0 Å². The van der Waals surface area contributed by atoms with Gasteiger partial charge in [-0.1, -0.05) is 6.07 Å². The molecule has 0 unspecified atom stereocenters. The lowest BCUT2D eigenvalue weighted by molar-refractivity contribution is -0.132. The maximum absolute atomic E-state index is 12.8. The lowest BCUT2D eigenvalue weighted by Crippen LogP contribution is -2.33. The number of nitrogens with one attached hydrogen (secondary N) is 1. The molecule has 0 fully saturated rings. The normalized spacial score (nSPS) is 10.7. The molecule has 0 aliphatic rings. The Hall–Kier alpha value is -2.45. The van der Waals surface area contributed by atoms with Gasteiger partial charge in [0.05, 0.1) is 13.7 Å². The van der Waals surface area contributed by atoms with Gasteiger partial charge >= 0.3 is 0 Å². The standard InChI is InChI=1S/C18H20N4O2S2/c1-3-21(11-15-5-4-10-26-15)16(23)12-22-17(19-20-18(22)25)13-6-8-14(24-2)9-7-13/h4-10H,3,11-12H2,1-2H3,(H,20,25). The highest BCUT2D eigenvalue weighted by molar-refractivity contribution is 7.71. The van der Waals surface area contributed by atoms with Crippen molar-refractivity contribution in [2.24, 2.45) is 0 Å². The maximum Gasteiger partial charge on any atom is 0.242 e. The van der Waals surface area contributed by atoms with Gasteiger partial charge in [0.2, 0.25) is 5.91 Å². The molecule has 0 atom stereocenters. The van der Waals surface area contributed by atoms with Crippen molar-refractivity contribution in [2.45, 2.75) is 20.0 Å². The highest BCUT2D eigenvalue weighted by Crippen LogP contribution is 2.21. The van der Waals surface area contributed by atoms with E-state index in [9.17, 15) is 4.79 Å². The van der Waals surface area contributed by atoms with Gasteiger partial charge in [-0.2, -0.15) is 5.10 Å². The average Bonchev–Trinajstić information content (AvgIpc) is 3.30. The number of ether oxygens (including phenoxy) is 1. The predicted molar refractivity (Wildman–Crippen MR) is 105 cm³/mol. The van der Waals surface area contributed by atoms with Gasteiger partial charge in [-0.25, -0.2) is 0 Å². The molecule has 0 saturated carbocycles. The van der Waals surface area contributed by atoms with E-state index in [4.69, 9.17) is 17.0 Å². The van der Waals surface area contributed by atoms with Crippen LogP contribution in [0.25, 0.3) is 11.4 Å². The largest absolute Gasteiger partial charge is 0.497 e. The Bertz CT molecular complexity index is 914. The molecule has 1 aromatic carbocycles. The van der Waals surface area contributed by atoms with Crippen LogP contribution in [0, 0.1) is 4.77 Å². The Morgan fingerprint density at radius 3 is 2.73 bits per heavy atom. The molecule has 2 heterocycles. The zero-order chi connectivity index (χ0) is 18.5. The van der Waals surface area contributed by atoms with Gasteiger partial charge in [-0.15, -0.1) is 11.3 Å². The van der Waals surface area contributed by atoms with Gasteiger partial charge in [0.25, 0.3) is 0 Å². The fourth-order valence-electron chi connectivity index (χ4n) is 2.63. The van der Waals surface area contributed by atoms with Crippen LogP contribution in [-0.2, 0) is 17.9 Å². The Kier molecular flexibility index (Phi) is 5.85. The van der Waals surface area contributed by atoms with Crippen molar-refractivity contribution in [1.82, 2.24) is 19.7 Å². The van der Waals surface area contributed by atoms with Crippen molar-refractivity contribution < 1.29 is 9.53 Å². The lowest BCUT2D eigenvalue weighted by atomic mass is 10.2. The van der Waals surface area contributed by atoms with E-state index >= 15 is 0 Å². The summed E-state index contributed by atoms with van der Waals surface area (Å²) in [5.74, 6) is 1.41. The van der Waals surface area contributed by atoms with Gasteiger partial charge in [0.1, 0.15) is 12.3 Å². The van der Waals surface area contributed by atoms with Crippen LogP contribution in [-0.4, -0.2) is 39.2 Å². The van der Waals surface area contributed by atoms with Crippen molar-refractivity contribution in [2.75, 3.05) is 13.7 Å². The molecule has 0 aliphatic carbocycles. The number of methoxy groups -OCH3 is 1. The Balaban J connectivity index is 1.81. The van der Waals surface area contributed by atoms with Crippen LogP contribution in [0.1, 0.15) is 11.8 Å². The van der Waals surface area contributed by atoms with E-state index < -0.39 is 0 Å². The molecule has 2 aromatic heterocycles. The number of amides is 1.